The molecule has 2 N–H and O–H groups in total. The second-order valence-electron chi connectivity index (χ2n) is 6.33. The summed E-state index contributed by atoms with van der Waals surface area (Å²) >= 11 is 5.39. The lowest BCUT2D eigenvalue weighted by Crippen LogP contribution is -2.39. The molecule has 0 radical (unpaired) electrons. The SMILES string of the molecule is CCOC(=O)c1ccc(C)c(NC(=S)N[C@H](C)COc2ccccc2C)c1. The minimum Gasteiger partial charge on any atom is -0.491 e. The van der Waals surface area contributed by atoms with Gasteiger partial charge in [0.1, 0.15) is 12.4 Å². The normalized spacial score (nSPS) is 11.4. The van der Waals surface area contributed by atoms with Crippen LogP contribution in [-0.4, -0.2) is 30.3 Å². The largest absolute Gasteiger partial charge is 0.491 e. The molecule has 0 aliphatic heterocycles. The molecule has 2 rings (SSSR count). The number of esters is 1. The van der Waals surface area contributed by atoms with Crippen LogP contribution < -0.4 is 15.4 Å². The van der Waals surface area contributed by atoms with E-state index in [9.17, 15) is 4.79 Å². The number of benzene rings is 2. The Balaban J connectivity index is 1.92. The van der Waals surface area contributed by atoms with Crippen LogP contribution in [0.15, 0.2) is 42.5 Å². The number of para-hydroxylation sites is 1. The van der Waals surface area contributed by atoms with Crippen LogP contribution in [0.5, 0.6) is 5.75 Å². The van der Waals surface area contributed by atoms with Crippen LogP contribution in [0.25, 0.3) is 0 Å². The van der Waals surface area contributed by atoms with Crippen molar-refractivity contribution in [2.24, 2.45) is 0 Å². The highest BCUT2D eigenvalue weighted by Gasteiger charge is 2.11. The lowest BCUT2D eigenvalue weighted by atomic mass is 10.1. The zero-order valence-electron chi connectivity index (χ0n) is 16.2. The molecular formula is C21H26N2O3S. The number of thiocarbonyl (C=S) groups is 1. The van der Waals surface area contributed by atoms with Gasteiger partial charge in [-0.1, -0.05) is 24.3 Å². The van der Waals surface area contributed by atoms with Crippen molar-refractivity contribution in [3.63, 3.8) is 0 Å². The summed E-state index contributed by atoms with van der Waals surface area (Å²) in [6.45, 7) is 8.56. The molecular weight excluding hydrogens is 360 g/mol. The van der Waals surface area contributed by atoms with Gasteiger partial charge in [-0.15, -0.1) is 0 Å². The fourth-order valence-corrected chi connectivity index (χ4v) is 2.77. The molecule has 2 aromatic carbocycles. The molecule has 0 unspecified atom stereocenters. The van der Waals surface area contributed by atoms with E-state index >= 15 is 0 Å². The maximum absolute atomic E-state index is 11.9. The summed E-state index contributed by atoms with van der Waals surface area (Å²) in [7, 11) is 0. The number of aryl methyl sites for hydroxylation is 2. The molecule has 5 nitrogen and oxygen atoms in total. The van der Waals surface area contributed by atoms with Gasteiger partial charge < -0.3 is 20.1 Å². The minimum absolute atomic E-state index is 0.0122. The summed E-state index contributed by atoms with van der Waals surface area (Å²) in [5.41, 5.74) is 3.33. The molecule has 0 amide bonds. The van der Waals surface area contributed by atoms with Crippen molar-refractivity contribution in [3.05, 3.63) is 59.2 Å². The van der Waals surface area contributed by atoms with Crippen molar-refractivity contribution >= 4 is 29.0 Å². The molecule has 6 heteroatoms. The van der Waals surface area contributed by atoms with Gasteiger partial charge in [-0.25, -0.2) is 4.79 Å². The number of hydrogen-bond donors (Lipinski definition) is 2. The molecule has 0 aliphatic rings. The monoisotopic (exact) mass is 386 g/mol. The second-order valence-corrected chi connectivity index (χ2v) is 6.73. The van der Waals surface area contributed by atoms with Gasteiger partial charge in [0.2, 0.25) is 0 Å². The summed E-state index contributed by atoms with van der Waals surface area (Å²) in [5.74, 6) is 0.516. The Morgan fingerprint density at radius 3 is 2.59 bits per heavy atom. The van der Waals surface area contributed by atoms with Crippen LogP contribution in [0.4, 0.5) is 5.69 Å². The van der Waals surface area contributed by atoms with Crippen molar-refractivity contribution in [1.82, 2.24) is 5.32 Å². The van der Waals surface area contributed by atoms with Crippen molar-refractivity contribution in [2.75, 3.05) is 18.5 Å². The molecule has 0 spiro atoms. The Hall–Kier alpha value is -2.60. The van der Waals surface area contributed by atoms with E-state index < -0.39 is 0 Å². The zero-order chi connectivity index (χ0) is 19.8. The maximum atomic E-state index is 11.9. The Bertz CT molecular complexity index is 808. The van der Waals surface area contributed by atoms with E-state index in [0.717, 1.165) is 22.6 Å². The van der Waals surface area contributed by atoms with E-state index in [0.29, 0.717) is 23.9 Å². The van der Waals surface area contributed by atoms with Crippen LogP contribution in [0, 0.1) is 13.8 Å². The standard InChI is InChI=1S/C21H26N2O3S/c1-5-25-20(24)17-11-10-14(2)18(12-17)23-21(27)22-16(4)13-26-19-9-7-6-8-15(19)3/h6-12,16H,5,13H2,1-4H3,(H2,22,23,27)/t16-/m1/s1. The Morgan fingerprint density at radius 2 is 1.89 bits per heavy atom. The average Bonchev–Trinajstić information content (AvgIpc) is 2.63. The number of hydrogen-bond acceptors (Lipinski definition) is 4. The van der Waals surface area contributed by atoms with Gasteiger partial charge in [-0.3, -0.25) is 0 Å². The number of ether oxygens (including phenoxy) is 2. The topological polar surface area (TPSA) is 59.6 Å². The van der Waals surface area contributed by atoms with Crippen LogP contribution >= 0.6 is 12.2 Å². The van der Waals surface area contributed by atoms with E-state index in [2.05, 4.69) is 10.6 Å². The molecule has 27 heavy (non-hydrogen) atoms. The predicted molar refractivity (Wildman–Crippen MR) is 113 cm³/mol. The fraction of sp³-hybridized carbons (Fsp3) is 0.333. The van der Waals surface area contributed by atoms with Crippen molar-refractivity contribution in [1.29, 1.82) is 0 Å². The first-order valence-corrected chi connectivity index (χ1v) is 9.35. The summed E-state index contributed by atoms with van der Waals surface area (Å²) in [6, 6.07) is 13.3. The van der Waals surface area contributed by atoms with Gasteiger partial charge in [0.25, 0.3) is 0 Å². The third-order valence-electron chi connectivity index (χ3n) is 3.96. The summed E-state index contributed by atoms with van der Waals surface area (Å²) in [6.07, 6.45) is 0. The highest BCUT2D eigenvalue weighted by atomic mass is 32.1. The first kappa shape index (κ1) is 20.7. The average molecular weight is 387 g/mol. The van der Waals surface area contributed by atoms with Crippen LogP contribution in [0.1, 0.15) is 35.3 Å². The number of carbonyl (C=O) groups excluding carboxylic acids is 1. The molecule has 0 aromatic heterocycles. The predicted octanol–water partition coefficient (Wildman–Crippen LogP) is 4.23. The van der Waals surface area contributed by atoms with E-state index in [4.69, 9.17) is 21.7 Å². The molecule has 0 bridgehead atoms. The maximum Gasteiger partial charge on any atom is 0.338 e. The number of nitrogens with one attached hydrogen (secondary N) is 2. The van der Waals surface area contributed by atoms with Crippen LogP contribution in [0.2, 0.25) is 0 Å². The lowest BCUT2D eigenvalue weighted by Gasteiger charge is -2.19. The highest BCUT2D eigenvalue weighted by molar-refractivity contribution is 7.80. The van der Waals surface area contributed by atoms with Gasteiger partial charge in [0, 0.05) is 5.69 Å². The first-order chi connectivity index (χ1) is 12.9. The van der Waals surface area contributed by atoms with Crippen LogP contribution in [-0.2, 0) is 4.74 Å². The molecule has 144 valence electrons. The molecule has 0 heterocycles. The number of rotatable bonds is 7. The van der Waals surface area contributed by atoms with E-state index in [1.54, 1.807) is 19.1 Å². The first-order valence-electron chi connectivity index (χ1n) is 8.94. The van der Waals surface area contributed by atoms with Crippen LogP contribution in [0.3, 0.4) is 0 Å². The Morgan fingerprint density at radius 1 is 1.15 bits per heavy atom. The minimum atomic E-state index is -0.348. The Labute approximate surface area is 166 Å². The summed E-state index contributed by atoms with van der Waals surface area (Å²) in [4.78, 5) is 11.9. The van der Waals surface area contributed by atoms with Gasteiger partial charge in [0.15, 0.2) is 5.11 Å². The third kappa shape index (κ3) is 6.25. The highest BCUT2D eigenvalue weighted by Crippen LogP contribution is 2.18. The van der Waals surface area contributed by atoms with Crippen molar-refractivity contribution in [2.45, 2.75) is 33.7 Å². The quantitative estimate of drug-likeness (QED) is 0.548. The Kier molecular flexibility index (Phi) is 7.61. The van der Waals surface area contributed by atoms with Gasteiger partial charge in [-0.05, 0) is 69.2 Å². The molecule has 0 fully saturated rings. The molecule has 1 atom stereocenters. The molecule has 0 saturated carbocycles. The van der Waals surface area contributed by atoms with Crippen molar-refractivity contribution in [3.8, 4) is 5.75 Å². The van der Waals surface area contributed by atoms with Gasteiger partial charge >= 0.3 is 5.97 Å². The smallest absolute Gasteiger partial charge is 0.338 e. The summed E-state index contributed by atoms with van der Waals surface area (Å²) in [5, 5.41) is 6.82. The number of anilines is 1. The third-order valence-corrected chi connectivity index (χ3v) is 4.18. The van der Waals surface area contributed by atoms with E-state index in [-0.39, 0.29) is 12.0 Å². The zero-order valence-corrected chi connectivity index (χ0v) is 17.0. The lowest BCUT2D eigenvalue weighted by molar-refractivity contribution is 0.0526. The van der Waals surface area contributed by atoms with E-state index in [1.165, 1.54) is 0 Å². The van der Waals surface area contributed by atoms with Crippen molar-refractivity contribution < 1.29 is 14.3 Å². The molecule has 0 saturated heterocycles. The molecule has 2 aromatic rings. The number of carbonyl (C=O) groups is 1. The molecule has 0 aliphatic carbocycles. The van der Waals surface area contributed by atoms with E-state index in [1.807, 2.05) is 51.1 Å². The summed E-state index contributed by atoms with van der Waals surface area (Å²) < 4.78 is 10.9. The van der Waals surface area contributed by atoms with Gasteiger partial charge in [0.05, 0.1) is 18.2 Å². The fourth-order valence-electron chi connectivity index (χ4n) is 2.46. The van der Waals surface area contributed by atoms with Gasteiger partial charge in [-0.2, -0.15) is 0 Å². The second kappa shape index (κ2) is 9.92.